The van der Waals surface area contributed by atoms with Gasteiger partial charge in [0.2, 0.25) is 0 Å². The molecule has 0 aromatic rings. The van der Waals surface area contributed by atoms with Gasteiger partial charge in [0.25, 0.3) is 0 Å². The molecule has 0 amide bonds. The maximum absolute atomic E-state index is 10.8. The highest BCUT2D eigenvalue weighted by molar-refractivity contribution is 6.51. The topological polar surface area (TPSA) is 35.5 Å². The van der Waals surface area contributed by atoms with E-state index >= 15 is 0 Å². The van der Waals surface area contributed by atoms with Crippen molar-refractivity contribution in [2.45, 2.75) is 97.2 Å². The summed E-state index contributed by atoms with van der Waals surface area (Å²) in [6.45, 7) is 9.98. The standard InChI is InChI=1S/C18H33BO3/c1-16(20)14-12-10-8-6-7-9-11-13-15-19-21-17(2,3)18(4,5)22-19/h13,15H,6-12,14H2,1-5H3/b15-13+. The van der Waals surface area contributed by atoms with Gasteiger partial charge in [0.1, 0.15) is 5.78 Å². The van der Waals surface area contributed by atoms with Crippen LogP contribution >= 0.6 is 0 Å². The SMILES string of the molecule is CC(=O)CCCCCCCC/C=C/B1OC(C)(C)C(C)(C)O1. The molecule has 0 aliphatic carbocycles. The first-order chi connectivity index (χ1) is 10.2. The van der Waals surface area contributed by atoms with Crippen LogP contribution in [0.5, 0.6) is 0 Å². The molecule has 0 aromatic heterocycles. The Morgan fingerprint density at radius 2 is 1.41 bits per heavy atom. The summed E-state index contributed by atoms with van der Waals surface area (Å²) in [7, 11) is -0.211. The lowest BCUT2D eigenvalue weighted by Gasteiger charge is -2.32. The third-order valence-electron chi connectivity index (χ3n) is 4.71. The predicted octanol–water partition coefficient (Wildman–Crippen LogP) is 4.88. The largest absolute Gasteiger partial charge is 0.486 e. The van der Waals surface area contributed by atoms with Crippen molar-refractivity contribution in [1.82, 2.24) is 0 Å². The van der Waals surface area contributed by atoms with E-state index in [2.05, 4.69) is 33.8 Å². The summed E-state index contributed by atoms with van der Waals surface area (Å²) in [5.74, 6) is 2.36. The Morgan fingerprint density at radius 3 is 1.95 bits per heavy atom. The van der Waals surface area contributed by atoms with Crippen molar-refractivity contribution in [3.63, 3.8) is 0 Å². The number of allylic oxidation sites excluding steroid dienone is 1. The summed E-state index contributed by atoms with van der Waals surface area (Å²) < 4.78 is 11.8. The van der Waals surface area contributed by atoms with Crippen LogP contribution in [0.2, 0.25) is 0 Å². The molecule has 0 bridgehead atoms. The molecular formula is C18H33BO3. The van der Waals surface area contributed by atoms with E-state index in [-0.39, 0.29) is 18.3 Å². The number of carbonyl (C=O) groups excluding carboxylic acids is 1. The Kier molecular flexibility index (Phi) is 7.85. The van der Waals surface area contributed by atoms with Crippen LogP contribution in [0.25, 0.3) is 0 Å². The van der Waals surface area contributed by atoms with E-state index in [0.29, 0.717) is 5.78 Å². The summed E-state index contributed by atoms with van der Waals surface area (Å²) >= 11 is 0. The van der Waals surface area contributed by atoms with Crippen LogP contribution in [0.1, 0.15) is 86.0 Å². The van der Waals surface area contributed by atoms with Gasteiger partial charge in [-0.15, -0.1) is 0 Å². The predicted molar refractivity (Wildman–Crippen MR) is 92.8 cm³/mol. The average Bonchev–Trinajstić information content (AvgIpc) is 2.59. The second-order valence-corrected chi connectivity index (χ2v) is 7.41. The van der Waals surface area contributed by atoms with Crippen molar-refractivity contribution in [3.8, 4) is 0 Å². The molecule has 1 aliphatic heterocycles. The van der Waals surface area contributed by atoms with Crippen molar-refractivity contribution in [2.75, 3.05) is 0 Å². The third kappa shape index (κ3) is 6.66. The Balaban J connectivity index is 2.03. The van der Waals surface area contributed by atoms with E-state index in [1.807, 2.05) is 5.98 Å². The van der Waals surface area contributed by atoms with Crippen LogP contribution in [0, 0.1) is 0 Å². The Morgan fingerprint density at radius 1 is 0.909 bits per heavy atom. The van der Waals surface area contributed by atoms with Gasteiger partial charge in [-0.3, -0.25) is 0 Å². The highest BCUT2D eigenvalue weighted by atomic mass is 16.7. The van der Waals surface area contributed by atoms with Crippen molar-refractivity contribution in [2.24, 2.45) is 0 Å². The zero-order valence-electron chi connectivity index (χ0n) is 15.1. The third-order valence-corrected chi connectivity index (χ3v) is 4.71. The van der Waals surface area contributed by atoms with E-state index in [4.69, 9.17) is 9.31 Å². The van der Waals surface area contributed by atoms with Crippen LogP contribution in [0.3, 0.4) is 0 Å². The van der Waals surface area contributed by atoms with Crippen molar-refractivity contribution >= 4 is 12.9 Å². The van der Waals surface area contributed by atoms with E-state index in [1.165, 1.54) is 32.1 Å². The van der Waals surface area contributed by atoms with Gasteiger partial charge in [-0.1, -0.05) is 37.7 Å². The number of unbranched alkanes of at least 4 members (excludes halogenated alkanes) is 6. The molecule has 0 unspecified atom stereocenters. The second kappa shape index (κ2) is 8.88. The molecule has 0 spiro atoms. The number of rotatable bonds is 10. The first kappa shape index (κ1) is 19.4. The number of hydrogen-bond acceptors (Lipinski definition) is 3. The summed E-state index contributed by atoms with van der Waals surface area (Å²) in [5.41, 5.74) is -0.496. The minimum atomic E-state index is -0.248. The van der Waals surface area contributed by atoms with Gasteiger partial charge in [0.05, 0.1) is 11.2 Å². The minimum absolute atomic E-state index is 0.211. The van der Waals surface area contributed by atoms with Gasteiger partial charge in [0.15, 0.2) is 0 Å². The molecule has 0 saturated carbocycles. The van der Waals surface area contributed by atoms with Gasteiger partial charge >= 0.3 is 7.12 Å². The van der Waals surface area contributed by atoms with Crippen molar-refractivity contribution in [1.29, 1.82) is 0 Å². The molecule has 0 aromatic carbocycles. The summed E-state index contributed by atoms with van der Waals surface area (Å²) in [6.07, 6.45) is 11.2. The van der Waals surface area contributed by atoms with Gasteiger partial charge < -0.3 is 14.1 Å². The van der Waals surface area contributed by atoms with Gasteiger partial charge in [-0.2, -0.15) is 0 Å². The molecule has 1 aliphatic rings. The monoisotopic (exact) mass is 308 g/mol. The molecule has 126 valence electrons. The number of Topliss-reactive ketones (excluding diaryl/α,β-unsaturated/α-hetero) is 1. The molecule has 1 rings (SSSR count). The molecule has 0 atom stereocenters. The van der Waals surface area contributed by atoms with E-state index in [1.54, 1.807) is 6.92 Å². The van der Waals surface area contributed by atoms with Gasteiger partial charge in [-0.25, -0.2) is 0 Å². The fraction of sp³-hybridized carbons (Fsp3) is 0.833. The first-order valence-electron chi connectivity index (χ1n) is 8.76. The summed E-state index contributed by atoms with van der Waals surface area (Å²) in [6, 6.07) is 0. The lowest BCUT2D eigenvalue weighted by atomic mass is 9.89. The van der Waals surface area contributed by atoms with Crippen molar-refractivity contribution < 1.29 is 14.1 Å². The Bertz CT molecular complexity index is 359. The Labute approximate surface area is 137 Å². The van der Waals surface area contributed by atoms with Crippen LogP contribution in [-0.2, 0) is 14.1 Å². The molecule has 4 heteroatoms. The van der Waals surface area contributed by atoms with Crippen LogP contribution < -0.4 is 0 Å². The zero-order valence-corrected chi connectivity index (χ0v) is 15.1. The molecule has 1 saturated heterocycles. The number of ketones is 1. The molecule has 1 heterocycles. The molecule has 3 nitrogen and oxygen atoms in total. The highest BCUT2D eigenvalue weighted by Gasteiger charge is 2.49. The van der Waals surface area contributed by atoms with Gasteiger partial charge in [-0.05, 0) is 53.9 Å². The maximum Gasteiger partial charge on any atom is 0.486 e. The first-order valence-corrected chi connectivity index (χ1v) is 8.76. The highest BCUT2D eigenvalue weighted by Crippen LogP contribution is 2.36. The number of carbonyl (C=O) groups is 1. The van der Waals surface area contributed by atoms with Crippen molar-refractivity contribution in [3.05, 3.63) is 12.1 Å². The summed E-state index contributed by atoms with van der Waals surface area (Å²) in [5, 5.41) is 0. The second-order valence-electron chi connectivity index (χ2n) is 7.41. The average molecular weight is 308 g/mol. The van der Waals surface area contributed by atoms with Crippen LogP contribution in [-0.4, -0.2) is 24.1 Å². The molecular weight excluding hydrogens is 275 g/mol. The normalized spacial score (nSPS) is 20.0. The van der Waals surface area contributed by atoms with E-state index < -0.39 is 0 Å². The van der Waals surface area contributed by atoms with Gasteiger partial charge in [0, 0.05) is 6.42 Å². The van der Waals surface area contributed by atoms with E-state index in [0.717, 1.165) is 19.3 Å². The molecule has 22 heavy (non-hydrogen) atoms. The molecule has 1 fully saturated rings. The zero-order chi connectivity index (χ0) is 16.6. The lowest BCUT2D eigenvalue weighted by Crippen LogP contribution is -2.41. The molecule has 0 radical (unpaired) electrons. The van der Waals surface area contributed by atoms with Crippen LogP contribution in [0.4, 0.5) is 0 Å². The maximum atomic E-state index is 10.8. The smallest absolute Gasteiger partial charge is 0.400 e. The quantitative estimate of drug-likeness (QED) is 0.426. The number of hydrogen-bond donors (Lipinski definition) is 0. The minimum Gasteiger partial charge on any atom is -0.400 e. The summed E-state index contributed by atoms with van der Waals surface area (Å²) in [4.78, 5) is 10.8. The fourth-order valence-electron chi connectivity index (χ4n) is 2.52. The fourth-order valence-corrected chi connectivity index (χ4v) is 2.52. The lowest BCUT2D eigenvalue weighted by molar-refractivity contribution is -0.117. The molecule has 0 N–H and O–H groups in total. The Hall–Kier alpha value is -0.605. The van der Waals surface area contributed by atoms with Crippen LogP contribution in [0.15, 0.2) is 12.1 Å². The van der Waals surface area contributed by atoms with E-state index in [9.17, 15) is 4.79 Å².